The van der Waals surface area contributed by atoms with Crippen molar-refractivity contribution in [2.24, 2.45) is 0 Å². The summed E-state index contributed by atoms with van der Waals surface area (Å²) in [6, 6.07) is 58.5. The fourth-order valence-electron chi connectivity index (χ4n) is 7.96. The van der Waals surface area contributed by atoms with E-state index in [2.05, 4.69) is 162 Å². The minimum absolute atomic E-state index is 0.226. The third-order valence-corrected chi connectivity index (χ3v) is 11.2. The Morgan fingerprint density at radius 1 is 0.478 bits per heavy atom. The molecule has 9 aromatic rings. The number of hydrogen-bond donors (Lipinski definition) is 0. The lowest BCUT2D eigenvalue weighted by atomic mass is 9.33. The van der Waals surface area contributed by atoms with Gasteiger partial charge in [-0.1, -0.05) is 156 Å². The van der Waals surface area contributed by atoms with Gasteiger partial charge in [-0.2, -0.15) is 0 Å². The van der Waals surface area contributed by atoms with Crippen LogP contribution in [0.4, 0.5) is 0 Å². The van der Waals surface area contributed by atoms with Crippen molar-refractivity contribution in [1.29, 1.82) is 0 Å². The van der Waals surface area contributed by atoms with Gasteiger partial charge in [0.2, 0.25) is 6.71 Å². The summed E-state index contributed by atoms with van der Waals surface area (Å²) in [5, 5.41) is 5.21. The lowest BCUT2D eigenvalue weighted by molar-refractivity contribution is 1.20. The minimum atomic E-state index is 0.226. The molecule has 10 rings (SSSR count). The SMILES string of the molecule is c1cc(B2c3ccccc3Cc3ccccc32)cc(-c2cccc3c2sc2c(-n4c5ccccc5c5ccccc54)cccc23)c1. The standard InChI is InChI=1S/C43H28BNS/c1-5-21-37-29(12-1)26-30-13-2-6-22-38(30)44(37)31-15-9-14-28(27-31)32-18-10-19-35-36-20-11-25-41(43(36)46-42(32)35)45-39-23-7-3-16-33(39)34-17-4-8-24-40(34)45/h1-25,27H,26H2. The predicted octanol–water partition coefficient (Wildman–Crippen LogP) is 9.24. The number of rotatable bonds is 3. The van der Waals surface area contributed by atoms with E-state index in [1.165, 1.54) is 86.3 Å². The molecule has 3 heterocycles. The van der Waals surface area contributed by atoms with Gasteiger partial charge in [-0.05, 0) is 46.9 Å². The predicted molar refractivity (Wildman–Crippen MR) is 199 cm³/mol. The van der Waals surface area contributed by atoms with Crippen LogP contribution in [0, 0.1) is 0 Å². The maximum absolute atomic E-state index is 2.46. The number of fused-ring (bicyclic) bond motifs is 8. The third kappa shape index (κ3) is 3.76. The fourth-order valence-corrected chi connectivity index (χ4v) is 9.30. The van der Waals surface area contributed by atoms with Crippen molar-refractivity contribution < 1.29 is 0 Å². The van der Waals surface area contributed by atoms with Crippen LogP contribution < -0.4 is 16.4 Å². The van der Waals surface area contributed by atoms with Crippen LogP contribution in [0.1, 0.15) is 11.1 Å². The molecule has 0 saturated heterocycles. The summed E-state index contributed by atoms with van der Waals surface area (Å²) >= 11 is 1.92. The highest BCUT2D eigenvalue weighted by Gasteiger charge is 2.30. The van der Waals surface area contributed by atoms with Crippen molar-refractivity contribution >= 4 is 76.4 Å². The van der Waals surface area contributed by atoms with Crippen molar-refractivity contribution in [2.75, 3.05) is 0 Å². The van der Waals surface area contributed by atoms with Gasteiger partial charge in [0.1, 0.15) is 0 Å². The second kappa shape index (κ2) is 10.1. The molecule has 0 N–H and O–H groups in total. The summed E-state index contributed by atoms with van der Waals surface area (Å²) in [5.41, 5.74) is 13.4. The fraction of sp³-hybridized carbons (Fsp3) is 0.0233. The zero-order chi connectivity index (χ0) is 30.2. The summed E-state index contributed by atoms with van der Waals surface area (Å²) in [4.78, 5) is 0. The number of aromatic nitrogens is 1. The molecule has 0 spiro atoms. The molecule has 1 aliphatic heterocycles. The Hall–Kier alpha value is -5.38. The van der Waals surface area contributed by atoms with Crippen molar-refractivity contribution in [3.63, 3.8) is 0 Å². The normalized spacial score (nSPS) is 12.7. The molecule has 0 bridgehead atoms. The van der Waals surface area contributed by atoms with Gasteiger partial charge in [-0.3, -0.25) is 0 Å². The highest BCUT2D eigenvalue weighted by Crippen LogP contribution is 2.43. The Labute approximate surface area is 272 Å². The molecule has 0 radical (unpaired) electrons. The largest absolute Gasteiger partial charge is 0.308 e. The van der Waals surface area contributed by atoms with E-state index in [0.29, 0.717) is 0 Å². The summed E-state index contributed by atoms with van der Waals surface area (Å²) in [6.07, 6.45) is 0.998. The van der Waals surface area contributed by atoms with Crippen LogP contribution in [0.15, 0.2) is 158 Å². The van der Waals surface area contributed by atoms with Gasteiger partial charge in [0, 0.05) is 26.2 Å². The molecular weight excluding hydrogens is 573 g/mol. The smallest absolute Gasteiger partial charge is 0.241 e. The van der Waals surface area contributed by atoms with Crippen molar-refractivity contribution in [1.82, 2.24) is 4.57 Å². The van der Waals surface area contributed by atoms with Crippen LogP contribution in [0.3, 0.4) is 0 Å². The molecule has 0 unspecified atom stereocenters. The Bertz CT molecular complexity index is 2540. The molecular formula is C43H28BNS. The topological polar surface area (TPSA) is 4.93 Å². The lowest BCUT2D eigenvalue weighted by Gasteiger charge is -2.27. The van der Waals surface area contributed by atoms with Crippen molar-refractivity contribution in [2.45, 2.75) is 6.42 Å². The molecule has 0 amide bonds. The van der Waals surface area contributed by atoms with E-state index < -0.39 is 0 Å². The molecule has 1 nitrogen and oxygen atoms in total. The molecule has 0 atom stereocenters. The second-order valence-electron chi connectivity index (χ2n) is 12.4. The van der Waals surface area contributed by atoms with E-state index >= 15 is 0 Å². The van der Waals surface area contributed by atoms with E-state index in [1.807, 2.05) is 11.3 Å². The van der Waals surface area contributed by atoms with E-state index in [0.717, 1.165) is 6.42 Å². The number of nitrogens with zero attached hydrogens (tertiary/aromatic N) is 1. The first-order valence-electron chi connectivity index (χ1n) is 16.0. The van der Waals surface area contributed by atoms with Gasteiger partial charge in [-0.25, -0.2) is 0 Å². The van der Waals surface area contributed by atoms with E-state index in [-0.39, 0.29) is 6.71 Å². The molecule has 1 aliphatic rings. The lowest BCUT2D eigenvalue weighted by Crippen LogP contribution is -2.56. The quantitative estimate of drug-likeness (QED) is 0.178. The van der Waals surface area contributed by atoms with Crippen LogP contribution in [-0.2, 0) is 6.42 Å². The van der Waals surface area contributed by atoms with E-state index in [4.69, 9.17) is 0 Å². The summed E-state index contributed by atoms with van der Waals surface area (Å²) in [5.74, 6) is 0. The maximum atomic E-state index is 2.46. The molecule has 0 fully saturated rings. The number of para-hydroxylation sites is 2. The summed E-state index contributed by atoms with van der Waals surface area (Å²) < 4.78 is 5.12. The van der Waals surface area contributed by atoms with Gasteiger partial charge in [0.25, 0.3) is 0 Å². The van der Waals surface area contributed by atoms with Gasteiger partial charge >= 0.3 is 0 Å². The van der Waals surface area contributed by atoms with Crippen LogP contribution in [-0.4, -0.2) is 11.3 Å². The number of hydrogen-bond acceptors (Lipinski definition) is 1. The van der Waals surface area contributed by atoms with Crippen LogP contribution in [0.25, 0.3) is 58.8 Å². The summed E-state index contributed by atoms with van der Waals surface area (Å²) in [7, 11) is 0. The Balaban J connectivity index is 1.18. The number of thiophene rings is 1. The minimum Gasteiger partial charge on any atom is -0.308 e. The zero-order valence-electron chi connectivity index (χ0n) is 25.2. The monoisotopic (exact) mass is 601 g/mol. The average molecular weight is 602 g/mol. The van der Waals surface area contributed by atoms with Crippen molar-refractivity contribution in [3.8, 4) is 16.8 Å². The Kier molecular flexibility index (Phi) is 5.67. The average Bonchev–Trinajstić information content (AvgIpc) is 3.67. The molecule has 214 valence electrons. The van der Waals surface area contributed by atoms with Gasteiger partial charge in [-0.15, -0.1) is 11.3 Å². The first kappa shape index (κ1) is 25.9. The Morgan fingerprint density at radius 2 is 1.04 bits per heavy atom. The summed E-state index contributed by atoms with van der Waals surface area (Å²) in [6.45, 7) is 0.226. The van der Waals surface area contributed by atoms with Crippen molar-refractivity contribution in [3.05, 3.63) is 169 Å². The molecule has 0 saturated carbocycles. The zero-order valence-corrected chi connectivity index (χ0v) is 26.0. The van der Waals surface area contributed by atoms with Gasteiger partial charge in [0.05, 0.1) is 21.4 Å². The van der Waals surface area contributed by atoms with Gasteiger partial charge in [0.15, 0.2) is 0 Å². The Morgan fingerprint density at radius 3 is 1.76 bits per heavy atom. The number of benzene rings is 7. The molecule has 2 aromatic heterocycles. The molecule has 0 aliphatic carbocycles. The maximum Gasteiger partial charge on any atom is 0.241 e. The highest BCUT2D eigenvalue weighted by molar-refractivity contribution is 7.26. The third-order valence-electron chi connectivity index (χ3n) is 9.97. The first-order chi connectivity index (χ1) is 22.8. The molecule has 7 aromatic carbocycles. The van der Waals surface area contributed by atoms with E-state index in [9.17, 15) is 0 Å². The van der Waals surface area contributed by atoms with Crippen LogP contribution in [0.5, 0.6) is 0 Å². The van der Waals surface area contributed by atoms with Crippen LogP contribution in [0.2, 0.25) is 0 Å². The van der Waals surface area contributed by atoms with E-state index in [1.54, 1.807) is 0 Å². The molecule has 46 heavy (non-hydrogen) atoms. The first-order valence-corrected chi connectivity index (χ1v) is 16.8. The second-order valence-corrected chi connectivity index (χ2v) is 13.5. The van der Waals surface area contributed by atoms with Crippen LogP contribution >= 0.6 is 11.3 Å². The molecule has 3 heteroatoms. The highest BCUT2D eigenvalue weighted by atomic mass is 32.1. The van der Waals surface area contributed by atoms with Gasteiger partial charge < -0.3 is 4.57 Å².